The summed E-state index contributed by atoms with van der Waals surface area (Å²) in [5.41, 5.74) is -0.0214. The van der Waals surface area contributed by atoms with Crippen LogP contribution in [0.5, 0.6) is 0 Å². The fourth-order valence-corrected chi connectivity index (χ4v) is 3.56. The summed E-state index contributed by atoms with van der Waals surface area (Å²) in [6.45, 7) is 4.90. The molecule has 1 aliphatic rings. The molecule has 0 radical (unpaired) electrons. The van der Waals surface area contributed by atoms with Gasteiger partial charge < -0.3 is 14.4 Å². The van der Waals surface area contributed by atoms with Crippen LogP contribution >= 0.6 is 0 Å². The second-order valence-electron chi connectivity index (χ2n) is 4.88. The van der Waals surface area contributed by atoms with E-state index >= 15 is 0 Å². The molecular formula is C12H18N2O5S. The molecule has 112 valence electrons. The first-order valence-corrected chi connectivity index (χ1v) is 7.81. The zero-order chi connectivity index (χ0) is 14.9. The number of rotatable bonds is 4. The SMILES string of the molecule is CC(C)n1cc(S(=O)(=O)N2CCOCC2)cc1C(=O)O. The number of aromatic nitrogens is 1. The minimum absolute atomic E-state index is 0.0190. The number of aromatic carboxylic acids is 1. The van der Waals surface area contributed by atoms with Gasteiger partial charge in [-0.15, -0.1) is 0 Å². The molecule has 1 N–H and O–H groups in total. The quantitative estimate of drug-likeness (QED) is 0.888. The van der Waals surface area contributed by atoms with Crippen LogP contribution in [0.1, 0.15) is 30.4 Å². The Morgan fingerprint density at radius 1 is 1.35 bits per heavy atom. The highest BCUT2D eigenvalue weighted by molar-refractivity contribution is 7.89. The minimum Gasteiger partial charge on any atom is -0.477 e. The van der Waals surface area contributed by atoms with Crippen molar-refractivity contribution in [1.82, 2.24) is 8.87 Å². The number of sulfonamides is 1. The molecule has 0 bridgehead atoms. The van der Waals surface area contributed by atoms with Crippen molar-refractivity contribution in [3.8, 4) is 0 Å². The van der Waals surface area contributed by atoms with E-state index in [-0.39, 0.29) is 29.7 Å². The lowest BCUT2D eigenvalue weighted by atomic mass is 10.3. The van der Waals surface area contributed by atoms with Gasteiger partial charge in [-0.3, -0.25) is 0 Å². The first-order valence-electron chi connectivity index (χ1n) is 6.37. The molecule has 1 fully saturated rings. The molecule has 0 unspecified atom stereocenters. The Balaban J connectivity index is 2.41. The zero-order valence-electron chi connectivity index (χ0n) is 11.4. The van der Waals surface area contributed by atoms with Crippen LogP contribution in [0.15, 0.2) is 17.2 Å². The lowest BCUT2D eigenvalue weighted by molar-refractivity contribution is 0.0683. The van der Waals surface area contributed by atoms with E-state index in [2.05, 4.69) is 0 Å². The molecule has 0 atom stereocenters. The van der Waals surface area contributed by atoms with Crippen LogP contribution in [0.25, 0.3) is 0 Å². The Hall–Kier alpha value is -1.38. The Kier molecular flexibility index (Phi) is 4.17. The molecule has 20 heavy (non-hydrogen) atoms. The fourth-order valence-electron chi connectivity index (χ4n) is 2.13. The van der Waals surface area contributed by atoms with Crippen LogP contribution < -0.4 is 0 Å². The second kappa shape index (κ2) is 5.55. The third kappa shape index (κ3) is 2.72. The van der Waals surface area contributed by atoms with Crippen LogP contribution in [0.4, 0.5) is 0 Å². The summed E-state index contributed by atoms with van der Waals surface area (Å²) >= 11 is 0. The third-order valence-corrected chi connectivity index (χ3v) is 5.07. The fraction of sp³-hybridized carbons (Fsp3) is 0.583. The van der Waals surface area contributed by atoms with E-state index < -0.39 is 16.0 Å². The van der Waals surface area contributed by atoms with Gasteiger partial charge in [0.25, 0.3) is 0 Å². The lowest BCUT2D eigenvalue weighted by Gasteiger charge is -2.25. The lowest BCUT2D eigenvalue weighted by Crippen LogP contribution is -2.40. The highest BCUT2D eigenvalue weighted by atomic mass is 32.2. The van der Waals surface area contributed by atoms with Crippen molar-refractivity contribution >= 4 is 16.0 Å². The number of hydrogen-bond acceptors (Lipinski definition) is 4. The number of carboxylic acids is 1. The molecule has 2 heterocycles. The van der Waals surface area contributed by atoms with Crippen LogP contribution in [0.3, 0.4) is 0 Å². The smallest absolute Gasteiger partial charge is 0.352 e. The molecule has 0 aliphatic carbocycles. The van der Waals surface area contributed by atoms with Crippen molar-refractivity contribution in [1.29, 1.82) is 0 Å². The van der Waals surface area contributed by atoms with Crippen molar-refractivity contribution < 1.29 is 23.1 Å². The summed E-state index contributed by atoms with van der Waals surface area (Å²) in [6, 6.07) is 1.09. The molecule has 0 aromatic carbocycles. The highest BCUT2D eigenvalue weighted by Crippen LogP contribution is 2.22. The maximum absolute atomic E-state index is 12.5. The summed E-state index contributed by atoms with van der Waals surface area (Å²) in [5, 5.41) is 9.15. The van der Waals surface area contributed by atoms with Crippen molar-refractivity contribution in [2.24, 2.45) is 0 Å². The average Bonchev–Trinajstić information content (AvgIpc) is 2.85. The van der Waals surface area contributed by atoms with Crippen LogP contribution in [-0.2, 0) is 14.8 Å². The number of hydrogen-bond donors (Lipinski definition) is 1. The third-order valence-electron chi connectivity index (χ3n) is 3.21. The Bertz CT molecular complexity index is 599. The van der Waals surface area contributed by atoms with Gasteiger partial charge in [0.1, 0.15) is 10.6 Å². The summed E-state index contributed by atoms with van der Waals surface area (Å²) in [5.74, 6) is -1.14. The summed E-state index contributed by atoms with van der Waals surface area (Å²) in [7, 11) is -3.66. The summed E-state index contributed by atoms with van der Waals surface area (Å²) in [6.07, 6.45) is 1.39. The molecule has 1 saturated heterocycles. The van der Waals surface area contributed by atoms with E-state index in [0.29, 0.717) is 13.2 Å². The molecular weight excluding hydrogens is 284 g/mol. The largest absolute Gasteiger partial charge is 0.477 e. The summed E-state index contributed by atoms with van der Waals surface area (Å²) < 4.78 is 32.8. The standard InChI is InChI=1S/C12H18N2O5S/c1-9(2)14-8-10(7-11(14)12(15)16)20(17,18)13-3-5-19-6-4-13/h7-9H,3-6H2,1-2H3,(H,15,16). The number of ether oxygens (including phenoxy) is 1. The average molecular weight is 302 g/mol. The minimum atomic E-state index is -3.66. The number of carboxylic acid groups (broad SMARTS) is 1. The first kappa shape index (κ1) is 15.0. The predicted molar refractivity (Wildman–Crippen MR) is 71.4 cm³/mol. The van der Waals surface area contributed by atoms with E-state index in [0.717, 1.165) is 0 Å². The Morgan fingerprint density at radius 3 is 2.40 bits per heavy atom. The maximum atomic E-state index is 12.5. The topological polar surface area (TPSA) is 88.8 Å². The van der Waals surface area contributed by atoms with Gasteiger partial charge in [-0.1, -0.05) is 0 Å². The van der Waals surface area contributed by atoms with Gasteiger partial charge in [-0.05, 0) is 19.9 Å². The molecule has 0 spiro atoms. The molecule has 1 aliphatic heterocycles. The van der Waals surface area contributed by atoms with Gasteiger partial charge in [-0.2, -0.15) is 4.31 Å². The van der Waals surface area contributed by atoms with Crippen molar-refractivity contribution in [3.05, 3.63) is 18.0 Å². The predicted octanol–water partition coefficient (Wildman–Crippen LogP) is 0.788. The number of carbonyl (C=O) groups is 1. The van der Waals surface area contributed by atoms with Crippen LogP contribution in [-0.4, -0.2) is 54.7 Å². The molecule has 1 aromatic heterocycles. The van der Waals surface area contributed by atoms with Gasteiger partial charge in [0.2, 0.25) is 10.0 Å². The molecule has 2 rings (SSSR count). The molecule has 8 heteroatoms. The van der Waals surface area contributed by atoms with Gasteiger partial charge in [0.15, 0.2) is 0 Å². The Labute approximate surface area is 117 Å². The molecule has 0 saturated carbocycles. The molecule has 0 amide bonds. The summed E-state index contributed by atoms with van der Waals surface area (Å²) in [4.78, 5) is 11.2. The number of morpholine rings is 1. The maximum Gasteiger partial charge on any atom is 0.352 e. The van der Waals surface area contributed by atoms with Gasteiger partial charge >= 0.3 is 5.97 Å². The Morgan fingerprint density at radius 2 is 1.95 bits per heavy atom. The van der Waals surface area contributed by atoms with E-state index in [1.807, 2.05) is 0 Å². The first-order chi connectivity index (χ1) is 9.34. The van der Waals surface area contributed by atoms with E-state index in [1.54, 1.807) is 13.8 Å². The van der Waals surface area contributed by atoms with E-state index in [4.69, 9.17) is 9.84 Å². The van der Waals surface area contributed by atoms with Gasteiger partial charge in [0, 0.05) is 25.3 Å². The van der Waals surface area contributed by atoms with Gasteiger partial charge in [-0.25, -0.2) is 13.2 Å². The normalized spacial score (nSPS) is 17.6. The highest BCUT2D eigenvalue weighted by Gasteiger charge is 2.29. The van der Waals surface area contributed by atoms with Crippen LogP contribution in [0, 0.1) is 0 Å². The second-order valence-corrected chi connectivity index (χ2v) is 6.82. The number of nitrogens with zero attached hydrogens (tertiary/aromatic N) is 2. The van der Waals surface area contributed by atoms with E-state index in [9.17, 15) is 13.2 Å². The monoisotopic (exact) mass is 302 g/mol. The van der Waals surface area contributed by atoms with Crippen molar-refractivity contribution in [2.45, 2.75) is 24.8 Å². The molecule has 7 nitrogen and oxygen atoms in total. The molecule has 1 aromatic rings. The van der Waals surface area contributed by atoms with Crippen molar-refractivity contribution in [3.63, 3.8) is 0 Å². The van der Waals surface area contributed by atoms with Crippen LogP contribution in [0.2, 0.25) is 0 Å². The van der Waals surface area contributed by atoms with E-state index in [1.165, 1.54) is 21.1 Å². The zero-order valence-corrected chi connectivity index (χ0v) is 12.3. The van der Waals surface area contributed by atoms with Crippen molar-refractivity contribution in [2.75, 3.05) is 26.3 Å². The van der Waals surface area contributed by atoms with Gasteiger partial charge in [0.05, 0.1) is 13.2 Å².